The number of thioether (sulfide) groups is 1. The molecule has 11 heteroatoms. The molecular formula is C26H24FN7O2S. The van der Waals surface area contributed by atoms with Crippen LogP contribution in [0.5, 0.6) is 0 Å². The number of para-hydroxylation sites is 1. The van der Waals surface area contributed by atoms with E-state index in [0.717, 1.165) is 11.4 Å². The summed E-state index contributed by atoms with van der Waals surface area (Å²) in [4.78, 5) is 29.1. The first-order chi connectivity index (χ1) is 18.1. The quantitative estimate of drug-likeness (QED) is 0.375. The number of rotatable bonds is 7. The smallest absolute Gasteiger partial charge is 0.254 e. The molecule has 0 spiro atoms. The van der Waals surface area contributed by atoms with E-state index in [-0.39, 0.29) is 17.6 Å². The van der Waals surface area contributed by atoms with Gasteiger partial charge in [-0.2, -0.15) is 4.68 Å². The highest BCUT2D eigenvalue weighted by atomic mass is 32.2. The lowest BCUT2D eigenvalue weighted by atomic mass is 10.1. The fourth-order valence-corrected chi connectivity index (χ4v) is 4.75. The summed E-state index contributed by atoms with van der Waals surface area (Å²) < 4.78 is 15.1. The number of tetrazole rings is 1. The van der Waals surface area contributed by atoms with E-state index in [1.807, 2.05) is 54.6 Å². The van der Waals surface area contributed by atoms with Gasteiger partial charge in [-0.25, -0.2) is 4.39 Å². The number of carbonyl (C=O) groups excluding carboxylic acids is 2. The standard InChI is InChI=1S/C26H24FN7O2S/c27-20-6-4-5-19(17-20)25(36)33-15-13-32(14-16-33)22-11-9-21(10-12-22)28-24(35)18-37-26-29-30-31-34(26)23-7-2-1-3-8-23/h1-12,17H,13-16,18H2,(H,28,35). The Hall–Kier alpha value is -4.25. The highest BCUT2D eigenvalue weighted by Gasteiger charge is 2.22. The number of anilines is 2. The van der Waals surface area contributed by atoms with E-state index in [0.29, 0.717) is 42.6 Å². The van der Waals surface area contributed by atoms with Crippen molar-refractivity contribution in [1.82, 2.24) is 25.1 Å². The predicted octanol–water partition coefficient (Wildman–Crippen LogP) is 3.49. The molecule has 5 rings (SSSR count). The Morgan fingerprint density at radius 1 is 0.892 bits per heavy atom. The molecule has 0 bridgehead atoms. The third kappa shape index (κ3) is 5.95. The molecule has 4 aromatic rings. The molecule has 188 valence electrons. The summed E-state index contributed by atoms with van der Waals surface area (Å²) in [6.07, 6.45) is 0. The van der Waals surface area contributed by atoms with Gasteiger partial charge in [0.15, 0.2) is 0 Å². The molecule has 1 saturated heterocycles. The minimum Gasteiger partial charge on any atom is -0.368 e. The van der Waals surface area contributed by atoms with Crippen LogP contribution in [0.4, 0.5) is 15.8 Å². The van der Waals surface area contributed by atoms with E-state index in [4.69, 9.17) is 0 Å². The van der Waals surface area contributed by atoms with Gasteiger partial charge in [0.2, 0.25) is 11.1 Å². The first-order valence-electron chi connectivity index (χ1n) is 11.7. The minimum atomic E-state index is -0.414. The van der Waals surface area contributed by atoms with E-state index in [1.165, 1.54) is 23.9 Å². The predicted molar refractivity (Wildman–Crippen MR) is 139 cm³/mol. The molecule has 1 aliphatic rings. The SMILES string of the molecule is O=C(CSc1nnnn1-c1ccccc1)Nc1ccc(N2CCN(C(=O)c3cccc(F)c3)CC2)cc1. The number of amides is 2. The zero-order valence-electron chi connectivity index (χ0n) is 19.8. The van der Waals surface area contributed by atoms with Gasteiger partial charge in [-0.15, -0.1) is 5.10 Å². The van der Waals surface area contributed by atoms with Crippen LogP contribution in [-0.4, -0.2) is 68.9 Å². The summed E-state index contributed by atoms with van der Waals surface area (Å²) in [5.41, 5.74) is 2.89. The number of nitrogens with one attached hydrogen (secondary N) is 1. The van der Waals surface area contributed by atoms with Crippen LogP contribution in [0, 0.1) is 5.82 Å². The zero-order valence-corrected chi connectivity index (χ0v) is 20.6. The molecule has 9 nitrogen and oxygen atoms in total. The molecule has 0 unspecified atom stereocenters. The second-order valence-electron chi connectivity index (χ2n) is 8.38. The van der Waals surface area contributed by atoms with Gasteiger partial charge in [0.25, 0.3) is 5.91 Å². The van der Waals surface area contributed by atoms with Gasteiger partial charge in [0, 0.05) is 43.1 Å². The summed E-state index contributed by atoms with van der Waals surface area (Å²) >= 11 is 1.26. The molecule has 2 amide bonds. The number of nitrogens with zero attached hydrogens (tertiary/aromatic N) is 6. The summed E-state index contributed by atoms with van der Waals surface area (Å²) in [5, 5.41) is 15.2. The van der Waals surface area contributed by atoms with E-state index in [9.17, 15) is 14.0 Å². The second kappa shape index (κ2) is 11.2. The van der Waals surface area contributed by atoms with Crippen molar-refractivity contribution in [3.8, 4) is 5.69 Å². The minimum absolute atomic E-state index is 0.159. The van der Waals surface area contributed by atoms with Crippen molar-refractivity contribution < 1.29 is 14.0 Å². The topological polar surface area (TPSA) is 96.2 Å². The average Bonchev–Trinajstić information content (AvgIpc) is 3.41. The number of hydrogen-bond donors (Lipinski definition) is 1. The van der Waals surface area contributed by atoms with Gasteiger partial charge in [-0.05, 0) is 65.0 Å². The van der Waals surface area contributed by atoms with E-state index in [1.54, 1.807) is 21.7 Å². The summed E-state index contributed by atoms with van der Waals surface area (Å²) in [6, 6.07) is 22.9. The van der Waals surface area contributed by atoms with Gasteiger partial charge in [0.1, 0.15) is 5.82 Å². The second-order valence-corrected chi connectivity index (χ2v) is 9.32. The number of carbonyl (C=O) groups is 2. The molecule has 0 aliphatic carbocycles. The molecule has 1 fully saturated rings. The van der Waals surface area contributed by atoms with Gasteiger partial charge in [-0.1, -0.05) is 36.0 Å². The Balaban J connectivity index is 1.11. The molecule has 0 atom stereocenters. The molecule has 1 aromatic heterocycles. The molecule has 2 heterocycles. The first kappa shape index (κ1) is 24.4. The van der Waals surface area contributed by atoms with Crippen molar-refractivity contribution in [2.24, 2.45) is 0 Å². The zero-order chi connectivity index (χ0) is 25.6. The van der Waals surface area contributed by atoms with E-state index < -0.39 is 5.82 Å². The highest BCUT2D eigenvalue weighted by molar-refractivity contribution is 7.99. The number of benzene rings is 3. The maximum atomic E-state index is 13.5. The summed E-state index contributed by atoms with van der Waals surface area (Å²) in [5.74, 6) is -0.573. The Morgan fingerprint density at radius 3 is 2.38 bits per heavy atom. The van der Waals surface area contributed by atoms with Crippen molar-refractivity contribution in [2.75, 3.05) is 42.1 Å². The van der Waals surface area contributed by atoms with Gasteiger partial charge in [0.05, 0.1) is 11.4 Å². The van der Waals surface area contributed by atoms with Crippen LogP contribution < -0.4 is 10.2 Å². The van der Waals surface area contributed by atoms with Gasteiger partial charge < -0.3 is 15.1 Å². The van der Waals surface area contributed by atoms with Gasteiger partial charge >= 0.3 is 0 Å². The van der Waals surface area contributed by atoms with Crippen LogP contribution in [0.2, 0.25) is 0 Å². The van der Waals surface area contributed by atoms with Crippen molar-refractivity contribution in [3.63, 3.8) is 0 Å². The summed E-state index contributed by atoms with van der Waals surface area (Å²) in [7, 11) is 0. The van der Waals surface area contributed by atoms with Crippen LogP contribution in [0.25, 0.3) is 5.69 Å². The van der Waals surface area contributed by atoms with Crippen LogP contribution in [-0.2, 0) is 4.79 Å². The monoisotopic (exact) mass is 517 g/mol. The molecule has 1 N–H and O–H groups in total. The Labute approximate surface area is 217 Å². The third-order valence-corrected chi connectivity index (χ3v) is 6.85. The third-order valence-electron chi connectivity index (χ3n) is 5.93. The van der Waals surface area contributed by atoms with E-state index >= 15 is 0 Å². The molecular weight excluding hydrogens is 493 g/mol. The molecule has 0 radical (unpaired) electrons. The summed E-state index contributed by atoms with van der Waals surface area (Å²) in [6.45, 7) is 2.43. The lowest BCUT2D eigenvalue weighted by Crippen LogP contribution is -2.48. The Morgan fingerprint density at radius 2 is 1.65 bits per heavy atom. The Kier molecular flexibility index (Phi) is 7.41. The molecule has 37 heavy (non-hydrogen) atoms. The normalized spacial score (nSPS) is 13.4. The molecule has 0 saturated carbocycles. The molecule has 1 aliphatic heterocycles. The van der Waals surface area contributed by atoms with Crippen molar-refractivity contribution >= 4 is 35.0 Å². The van der Waals surface area contributed by atoms with Crippen molar-refractivity contribution in [2.45, 2.75) is 5.16 Å². The van der Waals surface area contributed by atoms with Gasteiger partial charge in [-0.3, -0.25) is 9.59 Å². The largest absolute Gasteiger partial charge is 0.368 e. The maximum Gasteiger partial charge on any atom is 0.254 e. The van der Waals surface area contributed by atoms with Crippen LogP contribution in [0.1, 0.15) is 10.4 Å². The number of aromatic nitrogens is 4. The molecule has 3 aromatic carbocycles. The van der Waals surface area contributed by atoms with Crippen LogP contribution >= 0.6 is 11.8 Å². The number of hydrogen-bond acceptors (Lipinski definition) is 7. The fourth-order valence-electron chi connectivity index (χ4n) is 4.05. The number of halogens is 1. The maximum absolute atomic E-state index is 13.5. The van der Waals surface area contributed by atoms with Crippen LogP contribution in [0.15, 0.2) is 84.0 Å². The lowest BCUT2D eigenvalue weighted by molar-refractivity contribution is -0.113. The van der Waals surface area contributed by atoms with Crippen molar-refractivity contribution in [3.05, 3.63) is 90.2 Å². The lowest BCUT2D eigenvalue weighted by Gasteiger charge is -2.36. The fraction of sp³-hybridized carbons (Fsp3) is 0.192. The number of piperazine rings is 1. The van der Waals surface area contributed by atoms with Crippen molar-refractivity contribution in [1.29, 1.82) is 0 Å². The highest BCUT2D eigenvalue weighted by Crippen LogP contribution is 2.22. The average molecular weight is 518 g/mol. The van der Waals surface area contributed by atoms with Crippen LogP contribution in [0.3, 0.4) is 0 Å². The Bertz CT molecular complexity index is 1370. The van der Waals surface area contributed by atoms with E-state index in [2.05, 4.69) is 25.7 Å². The first-order valence-corrected chi connectivity index (χ1v) is 12.7.